The maximum atomic E-state index is 11.2. The van der Waals surface area contributed by atoms with E-state index in [9.17, 15) is 4.79 Å². The molecule has 0 bridgehead atoms. The minimum absolute atomic E-state index is 0.369. The molecule has 0 unspecified atom stereocenters. The van der Waals surface area contributed by atoms with Gasteiger partial charge in [-0.3, -0.25) is 4.79 Å². The number of carbonyl (C=O) groups is 1. The van der Waals surface area contributed by atoms with Crippen LogP contribution >= 0.6 is 0 Å². The monoisotopic (exact) mass is 228 g/mol. The largest absolute Gasteiger partial charge is 0.299 e. The molecule has 0 saturated heterocycles. The van der Waals surface area contributed by atoms with Gasteiger partial charge in [-0.2, -0.15) is 0 Å². The summed E-state index contributed by atoms with van der Waals surface area (Å²) in [4.78, 5) is 11.2. The van der Waals surface area contributed by atoms with Crippen LogP contribution in [0.5, 0.6) is 0 Å². The average molecular weight is 228 g/mol. The fourth-order valence-electron chi connectivity index (χ4n) is 2.24. The third kappa shape index (κ3) is 3.29. The van der Waals surface area contributed by atoms with Gasteiger partial charge in [0.2, 0.25) is 0 Å². The zero-order valence-corrected chi connectivity index (χ0v) is 10.5. The van der Waals surface area contributed by atoms with Crippen molar-refractivity contribution in [2.45, 2.75) is 45.4 Å². The molecule has 0 atom stereocenters. The van der Waals surface area contributed by atoms with Crippen LogP contribution in [0.25, 0.3) is 5.57 Å². The Morgan fingerprint density at radius 2 is 1.88 bits per heavy atom. The summed E-state index contributed by atoms with van der Waals surface area (Å²) < 4.78 is 0. The van der Waals surface area contributed by atoms with Crippen molar-refractivity contribution in [3.63, 3.8) is 0 Å². The van der Waals surface area contributed by atoms with E-state index in [-0.39, 0.29) is 0 Å². The van der Waals surface area contributed by atoms with Crippen LogP contribution in [0.15, 0.2) is 30.3 Å². The molecule has 2 rings (SSSR count). The minimum Gasteiger partial charge on any atom is -0.299 e. The number of unbranched alkanes of at least 4 members (excludes halogenated alkanes) is 1. The van der Waals surface area contributed by atoms with Crippen LogP contribution in [0, 0.1) is 0 Å². The summed E-state index contributed by atoms with van der Waals surface area (Å²) in [6.07, 6.45) is 8.01. The minimum atomic E-state index is 0.369. The molecule has 0 fully saturated rings. The molecule has 0 radical (unpaired) electrons. The van der Waals surface area contributed by atoms with E-state index in [1.165, 1.54) is 36.0 Å². The molecule has 0 aromatic heterocycles. The van der Waals surface area contributed by atoms with Gasteiger partial charge in [-0.25, -0.2) is 0 Å². The molecular weight excluding hydrogens is 208 g/mol. The Balaban J connectivity index is 2.05. The number of carbonyl (C=O) groups excluding carboxylic acids is 1. The lowest BCUT2D eigenvalue weighted by Crippen LogP contribution is -2.02. The third-order valence-electron chi connectivity index (χ3n) is 3.39. The van der Waals surface area contributed by atoms with Gasteiger partial charge in [-0.15, -0.1) is 0 Å². The van der Waals surface area contributed by atoms with Crippen LogP contribution < -0.4 is 0 Å². The number of benzene rings is 1. The number of ketones is 1. The van der Waals surface area contributed by atoms with Crippen molar-refractivity contribution >= 4 is 11.4 Å². The van der Waals surface area contributed by atoms with Crippen LogP contribution in [0.3, 0.4) is 0 Å². The lowest BCUT2D eigenvalue weighted by molar-refractivity contribution is -0.118. The summed E-state index contributed by atoms with van der Waals surface area (Å²) in [5, 5.41) is 0. The van der Waals surface area contributed by atoms with Crippen LogP contribution in [0.4, 0.5) is 0 Å². The molecule has 90 valence electrons. The molecular formula is C16H20O. The van der Waals surface area contributed by atoms with E-state index in [0.717, 1.165) is 6.42 Å². The highest BCUT2D eigenvalue weighted by Crippen LogP contribution is 2.25. The topological polar surface area (TPSA) is 17.1 Å². The van der Waals surface area contributed by atoms with Crippen molar-refractivity contribution in [1.82, 2.24) is 0 Å². The van der Waals surface area contributed by atoms with E-state index < -0.39 is 0 Å². The molecule has 1 nitrogen and oxygen atoms in total. The number of hydrogen-bond acceptors (Lipinski definition) is 1. The summed E-state index contributed by atoms with van der Waals surface area (Å²) in [6.45, 7) is 2.22. The van der Waals surface area contributed by atoms with Gasteiger partial charge < -0.3 is 0 Å². The molecule has 0 amide bonds. The predicted molar refractivity (Wildman–Crippen MR) is 71.9 cm³/mol. The normalized spacial score (nSPS) is 15.8. The van der Waals surface area contributed by atoms with Crippen molar-refractivity contribution < 1.29 is 4.79 Å². The molecule has 1 aliphatic carbocycles. The first-order valence-corrected chi connectivity index (χ1v) is 6.59. The highest BCUT2D eigenvalue weighted by Gasteiger charge is 2.11. The molecule has 1 aliphatic rings. The van der Waals surface area contributed by atoms with Crippen molar-refractivity contribution in [3.8, 4) is 0 Å². The predicted octanol–water partition coefficient (Wildman–Crippen LogP) is 4.17. The van der Waals surface area contributed by atoms with Crippen molar-refractivity contribution in [1.29, 1.82) is 0 Å². The molecule has 0 spiro atoms. The lowest BCUT2D eigenvalue weighted by atomic mass is 9.92. The van der Waals surface area contributed by atoms with E-state index in [1.54, 1.807) is 0 Å². The molecule has 1 aromatic carbocycles. The summed E-state index contributed by atoms with van der Waals surface area (Å²) in [5.74, 6) is 0.369. The zero-order chi connectivity index (χ0) is 12.1. The molecule has 1 heteroatoms. The fourth-order valence-corrected chi connectivity index (χ4v) is 2.24. The quantitative estimate of drug-likeness (QED) is 0.756. The fraction of sp³-hybridized carbons (Fsp3) is 0.438. The van der Waals surface area contributed by atoms with Crippen LogP contribution in [0.2, 0.25) is 0 Å². The van der Waals surface area contributed by atoms with Gasteiger partial charge in [0.1, 0.15) is 5.78 Å². The van der Waals surface area contributed by atoms with Gasteiger partial charge in [-0.05, 0) is 36.0 Å². The Labute approximate surface area is 104 Å². The lowest BCUT2D eigenvalue weighted by Gasteiger charge is -2.12. The summed E-state index contributed by atoms with van der Waals surface area (Å²) in [6, 6.07) is 8.85. The van der Waals surface area contributed by atoms with Crippen LogP contribution in [0.1, 0.15) is 50.2 Å². The Morgan fingerprint density at radius 1 is 1.12 bits per heavy atom. The number of allylic oxidation sites excluding steroid dienone is 2. The first-order valence-electron chi connectivity index (χ1n) is 6.59. The number of rotatable bonds is 4. The van der Waals surface area contributed by atoms with Gasteiger partial charge in [0.15, 0.2) is 0 Å². The highest BCUT2D eigenvalue weighted by atomic mass is 16.1. The third-order valence-corrected chi connectivity index (χ3v) is 3.39. The smallest absolute Gasteiger partial charge is 0.137 e. The number of hydrogen-bond donors (Lipinski definition) is 0. The van der Waals surface area contributed by atoms with Gasteiger partial charge >= 0.3 is 0 Å². The van der Waals surface area contributed by atoms with Crippen LogP contribution in [-0.2, 0) is 11.2 Å². The van der Waals surface area contributed by atoms with E-state index in [1.807, 2.05) is 0 Å². The standard InChI is InChI=1S/C16H20O/c1-2-3-4-13-5-7-14(8-6-13)15-9-11-16(17)12-10-15/h5-9H,2-4,10-12H2,1H3. The first-order chi connectivity index (χ1) is 8.29. The van der Waals surface area contributed by atoms with Crippen molar-refractivity contribution in [2.75, 3.05) is 0 Å². The van der Waals surface area contributed by atoms with Gasteiger partial charge in [0, 0.05) is 12.8 Å². The zero-order valence-electron chi connectivity index (χ0n) is 10.5. The Morgan fingerprint density at radius 3 is 2.47 bits per heavy atom. The molecule has 1 aromatic rings. The van der Waals surface area contributed by atoms with E-state index in [0.29, 0.717) is 18.6 Å². The van der Waals surface area contributed by atoms with Gasteiger partial charge in [0.25, 0.3) is 0 Å². The highest BCUT2D eigenvalue weighted by molar-refractivity contribution is 5.86. The molecule has 0 N–H and O–H groups in total. The van der Waals surface area contributed by atoms with E-state index in [4.69, 9.17) is 0 Å². The van der Waals surface area contributed by atoms with Gasteiger partial charge in [-0.1, -0.05) is 43.7 Å². The Kier molecular flexibility index (Phi) is 4.13. The molecule has 0 saturated carbocycles. The van der Waals surface area contributed by atoms with E-state index in [2.05, 4.69) is 37.3 Å². The second-order valence-electron chi connectivity index (χ2n) is 4.77. The van der Waals surface area contributed by atoms with Crippen LogP contribution in [-0.4, -0.2) is 5.78 Å². The Bertz CT molecular complexity index is 412. The first kappa shape index (κ1) is 12.1. The summed E-state index contributed by atoms with van der Waals surface area (Å²) in [7, 11) is 0. The maximum absolute atomic E-state index is 11.2. The number of Topliss-reactive ketones (excluding diaryl/α,β-unsaturated/α-hetero) is 1. The van der Waals surface area contributed by atoms with Crippen molar-refractivity contribution in [2.24, 2.45) is 0 Å². The van der Waals surface area contributed by atoms with Gasteiger partial charge in [0.05, 0.1) is 0 Å². The number of aryl methyl sites for hydroxylation is 1. The average Bonchev–Trinajstić information content (AvgIpc) is 2.38. The Hall–Kier alpha value is -1.37. The summed E-state index contributed by atoms with van der Waals surface area (Å²) in [5.41, 5.74) is 4.05. The molecule has 0 aliphatic heterocycles. The molecule has 17 heavy (non-hydrogen) atoms. The van der Waals surface area contributed by atoms with Crippen molar-refractivity contribution in [3.05, 3.63) is 41.5 Å². The second-order valence-corrected chi connectivity index (χ2v) is 4.77. The molecule has 0 heterocycles. The SMILES string of the molecule is CCCCc1ccc(C2=CCC(=O)CC2)cc1. The second kappa shape index (κ2) is 5.81. The van der Waals surface area contributed by atoms with E-state index >= 15 is 0 Å². The summed E-state index contributed by atoms with van der Waals surface area (Å²) >= 11 is 0. The maximum Gasteiger partial charge on any atom is 0.137 e.